The lowest BCUT2D eigenvalue weighted by Crippen LogP contribution is -2.29. The van der Waals surface area contributed by atoms with Crippen molar-refractivity contribution in [2.24, 2.45) is 0 Å². The van der Waals surface area contributed by atoms with Crippen molar-refractivity contribution in [1.29, 1.82) is 0 Å². The Balaban J connectivity index is 0.000000172. The van der Waals surface area contributed by atoms with Gasteiger partial charge in [-0.05, 0) is 142 Å². The van der Waals surface area contributed by atoms with E-state index in [2.05, 4.69) is 91.3 Å². The van der Waals surface area contributed by atoms with Gasteiger partial charge in [-0.3, -0.25) is 19.9 Å². The molecular formula is C53H55N13O3. The molecule has 2 aliphatic rings. The van der Waals surface area contributed by atoms with Crippen LogP contribution in [0.15, 0.2) is 146 Å². The van der Waals surface area contributed by atoms with E-state index in [0.717, 1.165) is 109 Å². The average molecular weight is 922 g/mol. The topological polar surface area (TPSA) is 182 Å². The number of pyridine rings is 4. The molecule has 0 radical (unpaired) electrons. The molecule has 0 aliphatic carbocycles. The third-order valence-corrected chi connectivity index (χ3v) is 12.1. The first kappa shape index (κ1) is 46.0. The van der Waals surface area contributed by atoms with Crippen LogP contribution in [-0.2, 0) is 4.74 Å². The van der Waals surface area contributed by atoms with Gasteiger partial charge in [0.2, 0.25) is 11.9 Å². The molecule has 4 N–H and O–H groups in total. The number of rotatable bonds is 14. The highest BCUT2D eigenvalue weighted by Gasteiger charge is 2.23. The van der Waals surface area contributed by atoms with Gasteiger partial charge in [0, 0.05) is 73.9 Å². The monoisotopic (exact) mass is 921 g/mol. The Kier molecular flexibility index (Phi) is 15.1. The maximum absolute atomic E-state index is 5.74. The smallest absolute Gasteiger partial charge is 0.229 e. The molecule has 2 saturated heterocycles. The largest absolute Gasteiger partial charge is 0.496 e. The van der Waals surface area contributed by atoms with Crippen molar-refractivity contribution < 1.29 is 14.2 Å². The SMILES string of the molecule is COc1cc(Nc2nccc(Nc3cccnc3-c3ccccn3)n2)ccc1C1CCN(C)CC1.COc1cc(Nc2nccc(Nc3cccnc3-c3ccccn3)n2)ccc1C1CCOCC1. The van der Waals surface area contributed by atoms with Crippen molar-refractivity contribution in [3.05, 3.63) is 158 Å². The molecule has 0 unspecified atom stereocenters. The number of aromatic nitrogens is 8. The van der Waals surface area contributed by atoms with Crippen LogP contribution in [0, 0.1) is 0 Å². The van der Waals surface area contributed by atoms with Crippen molar-refractivity contribution in [2.45, 2.75) is 37.5 Å². The first-order chi connectivity index (χ1) is 34.0. The number of piperidine rings is 1. The van der Waals surface area contributed by atoms with Gasteiger partial charge >= 0.3 is 0 Å². The number of methoxy groups -OCH3 is 2. The zero-order valence-electron chi connectivity index (χ0n) is 38.9. The van der Waals surface area contributed by atoms with Crippen LogP contribution in [0.25, 0.3) is 22.8 Å². The number of nitrogens with zero attached hydrogens (tertiary/aromatic N) is 9. The molecule has 16 nitrogen and oxygen atoms in total. The molecule has 10 rings (SSSR count). The maximum Gasteiger partial charge on any atom is 0.229 e. The predicted molar refractivity (Wildman–Crippen MR) is 270 cm³/mol. The summed E-state index contributed by atoms with van der Waals surface area (Å²) in [7, 11) is 5.61. The van der Waals surface area contributed by atoms with Crippen molar-refractivity contribution in [1.82, 2.24) is 44.8 Å². The molecule has 8 aromatic rings. The third-order valence-electron chi connectivity index (χ3n) is 12.1. The van der Waals surface area contributed by atoms with Crippen molar-refractivity contribution in [2.75, 3.05) is 68.8 Å². The van der Waals surface area contributed by atoms with Gasteiger partial charge in [0.05, 0.1) is 37.0 Å². The van der Waals surface area contributed by atoms with E-state index in [9.17, 15) is 0 Å². The Morgan fingerprint density at radius 2 is 0.971 bits per heavy atom. The molecule has 69 heavy (non-hydrogen) atoms. The molecule has 0 spiro atoms. The third kappa shape index (κ3) is 11.9. The van der Waals surface area contributed by atoms with E-state index in [1.54, 1.807) is 51.4 Å². The van der Waals surface area contributed by atoms with Crippen LogP contribution in [-0.4, -0.2) is 92.3 Å². The minimum absolute atomic E-state index is 0.453. The second-order valence-corrected chi connectivity index (χ2v) is 16.6. The van der Waals surface area contributed by atoms with Crippen LogP contribution < -0.4 is 30.7 Å². The van der Waals surface area contributed by atoms with Crippen LogP contribution in [0.2, 0.25) is 0 Å². The Bertz CT molecular complexity index is 2910. The van der Waals surface area contributed by atoms with Gasteiger partial charge < -0.3 is 40.4 Å². The molecule has 6 aromatic heterocycles. The van der Waals surface area contributed by atoms with Gasteiger partial charge in [-0.25, -0.2) is 9.97 Å². The van der Waals surface area contributed by atoms with Crippen LogP contribution >= 0.6 is 0 Å². The first-order valence-electron chi connectivity index (χ1n) is 23.1. The molecular weight excluding hydrogens is 867 g/mol. The standard InChI is InChI=1S/C27H29N7O.C26H26N6O2/c1-34-16-11-19(12-17-34)21-9-8-20(18-24(21)35-2)31-27-30-15-10-25(33-27)32-23-7-5-14-29-26(23)22-6-3-4-13-28-22;1-33-23-17-19(7-8-20(23)18-10-15-34-16-11-18)30-26-29-14-9-24(32-26)31-22-6-4-13-28-25(22)21-5-2-3-12-27-21/h3-10,13-15,18-19H,11-12,16-17H2,1-2H3,(H2,30,31,32,33);2-9,12-14,17-18H,10-11,15-16H2,1H3,(H2,29,30,31,32). The summed E-state index contributed by atoms with van der Waals surface area (Å²) >= 11 is 0. The van der Waals surface area contributed by atoms with Gasteiger partial charge in [-0.1, -0.05) is 24.3 Å². The van der Waals surface area contributed by atoms with Crippen molar-refractivity contribution in [3.63, 3.8) is 0 Å². The summed E-state index contributed by atoms with van der Waals surface area (Å²) in [5.74, 6) is 5.01. The Morgan fingerprint density at radius 3 is 1.43 bits per heavy atom. The summed E-state index contributed by atoms with van der Waals surface area (Å²) in [4.78, 5) is 38.3. The van der Waals surface area contributed by atoms with Gasteiger partial charge in [0.1, 0.15) is 34.5 Å². The number of anilines is 8. The lowest BCUT2D eigenvalue weighted by Gasteiger charge is -2.30. The number of ether oxygens (including phenoxy) is 3. The average Bonchev–Trinajstić information content (AvgIpc) is 3.40. The number of likely N-dealkylation sites (tertiary alicyclic amines) is 1. The highest BCUT2D eigenvalue weighted by atomic mass is 16.5. The summed E-state index contributed by atoms with van der Waals surface area (Å²) in [6.45, 7) is 3.81. The fourth-order valence-electron chi connectivity index (χ4n) is 8.52. The summed E-state index contributed by atoms with van der Waals surface area (Å²) in [5, 5.41) is 13.3. The molecule has 2 fully saturated rings. The van der Waals surface area contributed by atoms with Crippen molar-refractivity contribution in [3.8, 4) is 34.3 Å². The molecule has 0 atom stereocenters. The molecule has 2 aromatic carbocycles. The summed E-state index contributed by atoms with van der Waals surface area (Å²) < 4.78 is 16.9. The second kappa shape index (κ2) is 22.6. The minimum Gasteiger partial charge on any atom is -0.496 e. The second-order valence-electron chi connectivity index (χ2n) is 16.6. The maximum atomic E-state index is 5.74. The van der Waals surface area contributed by atoms with E-state index in [1.165, 1.54) is 11.1 Å². The molecule has 16 heteroatoms. The fraction of sp³-hybridized carbons (Fsp3) is 0.245. The molecule has 2 aliphatic heterocycles. The summed E-state index contributed by atoms with van der Waals surface area (Å²) in [6, 6.07) is 35.2. The molecule has 350 valence electrons. The van der Waals surface area contributed by atoms with E-state index < -0.39 is 0 Å². The predicted octanol–water partition coefficient (Wildman–Crippen LogP) is 10.6. The summed E-state index contributed by atoms with van der Waals surface area (Å²) in [6.07, 6.45) is 14.8. The lowest BCUT2D eigenvalue weighted by atomic mass is 9.89. The van der Waals surface area contributed by atoms with Gasteiger partial charge in [0.25, 0.3) is 0 Å². The van der Waals surface area contributed by atoms with Crippen molar-refractivity contribution >= 4 is 46.3 Å². The fourth-order valence-corrected chi connectivity index (χ4v) is 8.52. The Hall–Kier alpha value is -8.08. The molecule has 8 heterocycles. The first-order valence-corrected chi connectivity index (χ1v) is 23.1. The van der Waals surface area contributed by atoms with Gasteiger partial charge in [-0.15, -0.1) is 0 Å². The number of nitrogens with one attached hydrogen (secondary N) is 4. The number of hydrogen-bond donors (Lipinski definition) is 4. The van der Waals surface area contributed by atoms with Crippen LogP contribution in [0.3, 0.4) is 0 Å². The van der Waals surface area contributed by atoms with Gasteiger partial charge in [-0.2, -0.15) is 9.97 Å². The highest BCUT2D eigenvalue weighted by molar-refractivity contribution is 5.76. The molecule has 0 bridgehead atoms. The Labute approximate surface area is 402 Å². The van der Waals surface area contributed by atoms with Crippen LogP contribution in [0.1, 0.15) is 48.6 Å². The normalized spacial score (nSPS) is 14.2. The molecule has 0 amide bonds. The van der Waals surface area contributed by atoms with E-state index in [-0.39, 0.29) is 0 Å². The zero-order valence-corrected chi connectivity index (χ0v) is 38.9. The van der Waals surface area contributed by atoms with E-state index in [0.29, 0.717) is 35.4 Å². The van der Waals surface area contributed by atoms with E-state index in [4.69, 9.17) is 14.2 Å². The quantitative estimate of drug-likeness (QED) is 0.0807. The zero-order chi connectivity index (χ0) is 47.2. The highest BCUT2D eigenvalue weighted by Crippen LogP contribution is 2.38. The molecule has 0 saturated carbocycles. The van der Waals surface area contributed by atoms with Gasteiger partial charge in [0.15, 0.2) is 0 Å². The lowest BCUT2D eigenvalue weighted by molar-refractivity contribution is 0.0848. The van der Waals surface area contributed by atoms with Crippen LogP contribution in [0.4, 0.5) is 46.3 Å². The van der Waals surface area contributed by atoms with E-state index >= 15 is 0 Å². The number of hydrogen-bond acceptors (Lipinski definition) is 16. The van der Waals surface area contributed by atoms with E-state index in [1.807, 2.05) is 91.0 Å². The summed E-state index contributed by atoms with van der Waals surface area (Å²) in [5.41, 5.74) is 8.95. The minimum atomic E-state index is 0.453. The number of benzene rings is 2. The van der Waals surface area contributed by atoms with Crippen LogP contribution in [0.5, 0.6) is 11.5 Å². The Morgan fingerprint density at radius 1 is 0.493 bits per heavy atom.